The number of fused-ring (bicyclic) bond motifs is 2. The highest BCUT2D eigenvalue weighted by Gasteiger charge is 2.17. The van der Waals surface area contributed by atoms with E-state index in [2.05, 4.69) is 44.8 Å². The minimum atomic E-state index is 0.821. The van der Waals surface area contributed by atoms with Crippen LogP contribution in [0.5, 0.6) is 0 Å². The fraction of sp³-hybridized carbons (Fsp3) is 0.150. The third kappa shape index (κ3) is 2.26. The van der Waals surface area contributed by atoms with Crippen molar-refractivity contribution in [2.45, 2.75) is 20.8 Å². The molecule has 0 saturated carbocycles. The van der Waals surface area contributed by atoms with Crippen molar-refractivity contribution in [3.05, 3.63) is 53.8 Å². The fourth-order valence-corrected chi connectivity index (χ4v) is 4.17. The first-order valence-corrected chi connectivity index (χ1v) is 9.16. The quantitative estimate of drug-likeness (QED) is 0.456. The first-order chi connectivity index (χ1) is 12.6. The molecule has 0 aliphatic heterocycles. The highest BCUT2D eigenvalue weighted by atomic mass is 32.1. The van der Waals surface area contributed by atoms with Crippen LogP contribution in [-0.2, 0) is 0 Å². The molecule has 6 heteroatoms. The van der Waals surface area contributed by atoms with Gasteiger partial charge in [0.25, 0.3) is 0 Å². The molecule has 0 fully saturated rings. The van der Waals surface area contributed by atoms with Crippen LogP contribution in [0.15, 0.2) is 41.1 Å². The number of hydrogen-bond donors (Lipinski definition) is 1. The summed E-state index contributed by atoms with van der Waals surface area (Å²) < 4.78 is 10.8. The van der Waals surface area contributed by atoms with E-state index < -0.39 is 0 Å². The minimum Gasteiger partial charge on any atom is -0.361 e. The van der Waals surface area contributed by atoms with Crippen LogP contribution in [0.25, 0.3) is 43.4 Å². The summed E-state index contributed by atoms with van der Waals surface area (Å²) >= 11 is 1.51. The average Bonchev–Trinajstić information content (AvgIpc) is 3.31. The number of imidazole rings is 1. The maximum Gasteiger partial charge on any atom is 0.141 e. The smallest absolute Gasteiger partial charge is 0.141 e. The van der Waals surface area contributed by atoms with Crippen LogP contribution in [0.4, 0.5) is 0 Å². The van der Waals surface area contributed by atoms with E-state index in [-0.39, 0.29) is 0 Å². The molecule has 128 valence electrons. The van der Waals surface area contributed by atoms with Gasteiger partial charge in [-0.2, -0.15) is 4.37 Å². The summed E-state index contributed by atoms with van der Waals surface area (Å²) in [6, 6.07) is 10.7. The summed E-state index contributed by atoms with van der Waals surface area (Å²) in [5.41, 5.74) is 7.22. The van der Waals surface area contributed by atoms with E-state index in [4.69, 9.17) is 9.51 Å². The molecule has 2 aromatic carbocycles. The largest absolute Gasteiger partial charge is 0.361 e. The van der Waals surface area contributed by atoms with Crippen LogP contribution < -0.4 is 0 Å². The van der Waals surface area contributed by atoms with Crippen LogP contribution in [0.3, 0.4) is 0 Å². The van der Waals surface area contributed by atoms with Crippen molar-refractivity contribution in [1.29, 1.82) is 0 Å². The summed E-state index contributed by atoms with van der Waals surface area (Å²) in [5, 5.41) is 5.26. The number of benzene rings is 2. The Morgan fingerprint density at radius 1 is 1.04 bits per heavy atom. The Hall–Kier alpha value is -2.99. The van der Waals surface area contributed by atoms with Crippen LogP contribution in [-0.4, -0.2) is 19.5 Å². The van der Waals surface area contributed by atoms with Crippen LogP contribution in [0.2, 0.25) is 0 Å². The lowest BCUT2D eigenvalue weighted by molar-refractivity contribution is 0.393. The number of aryl methyl sites for hydroxylation is 3. The van der Waals surface area contributed by atoms with Crippen LogP contribution in [0, 0.1) is 20.8 Å². The van der Waals surface area contributed by atoms with Gasteiger partial charge in [0.1, 0.15) is 11.6 Å². The van der Waals surface area contributed by atoms with Crippen molar-refractivity contribution in [2.75, 3.05) is 0 Å². The normalized spacial score (nSPS) is 11.7. The standard InChI is InChI=1S/C20H16N4OS/c1-10-19(11(2)25-24-10)14-7-16(20-17(8-14)22-12(3)23-20)13-4-5-18-15(6-13)9-21-26-18/h4-9H,1-3H3,(H,22,23). The van der Waals surface area contributed by atoms with Crippen molar-refractivity contribution in [2.24, 2.45) is 0 Å². The summed E-state index contributed by atoms with van der Waals surface area (Å²) in [6.07, 6.45) is 1.91. The predicted octanol–water partition coefficient (Wildman–Crippen LogP) is 5.42. The van der Waals surface area contributed by atoms with E-state index in [1.54, 1.807) is 0 Å². The molecule has 5 aromatic rings. The van der Waals surface area contributed by atoms with Gasteiger partial charge in [0.05, 0.1) is 21.4 Å². The molecule has 5 nitrogen and oxygen atoms in total. The Morgan fingerprint density at radius 3 is 2.73 bits per heavy atom. The van der Waals surface area contributed by atoms with Gasteiger partial charge in [-0.15, -0.1) is 0 Å². The predicted molar refractivity (Wildman–Crippen MR) is 104 cm³/mol. The number of aromatic amines is 1. The number of nitrogens with one attached hydrogen (secondary N) is 1. The van der Waals surface area contributed by atoms with E-state index in [0.717, 1.165) is 56.0 Å². The fourth-order valence-electron chi connectivity index (χ4n) is 3.54. The lowest BCUT2D eigenvalue weighted by Crippen LogP contribution is -1.87. The van der Waals surface area contributed by atoms with E-state index in [1.165, 1.54) is 16.2 Å². The third-order valence-corrected chi connectivity index (χ3v) is 5.47. The molecule has 0 aliphatic carbocycles. The Bertz CT molecular complexity index is 1260. The van der Waals surface area contributed by atoms with Gasteiger partial charge in [0.15, 0.2) is 0 Å². The summed E-state index contributed by atoms with van der Waals surface area (Å²) in [6.45, 7) is 5.89. The first kappa shape index (κ1) is 15.3. The Labute approximate surface area is 153 Å². The second kappa shape index (κ2) is 5.51. The maximum atomic E-state index is 5.38. The Balaban J connectivity index is 1.82. The lowest BCUT2D eigenvalue weighted by Gasteiger charge is -2.08. The summed E-state index contributed by atoms with van der Waals surface area (Å²) in [4.78, 5) is 8.09. The van der Waals surface area contributed by atoms with Crippen LogP contribution in [0.1, 0.15) is 17.3 Å². The maximum absolute atomic E-state index is 5.38. The third-order valence-electron chi connectivity index (χ3n) is 4.69. The van der Waals surface area contributed by atoms with Gasteiger partial charge in [-0.25, -0.2) is 4.98 Å². The molecule has 26 heavy (non-hydrogen) atoms. The zero-order valence-electron chi connectivity index (χ0n) is 14.6. The zero-order valence-corrected chi connectivity index (χ0v) is 15.4. The van der Waals surface area contributed by atoms with Gasteiger partial charge < -0.3 is 9.51 Å². The van der Waals surface area contributed by atoms with E-state index in [0.29, 0.717) is 0 Å². The number of H-pyrrole nitrogens is 1. The van der Waals surface area contributed by atoms with E-state index >= 15 is 0 Å². The Morgan fingerprint density at radius 2 is 1.92 bits per heavy atom. The van der Waals surface area contributed by atoms with Crippen molar-refractivity contribution in [3.8, 4) is 22.3 Å². The van der Waals surface area contributed by atoms with Gasteiger partial charge in [0.2, 0.25) is 0 Å². The molecule has 0 atom stereocenters. The van der Waals surface area contributed by atoms with Crippen molar-refractivity contribution in [1.82, 2.24) is 19.5 Å². The minimum absolute atomic E-state index is 0.821. The van der Waals surface area contributed by atoms with Gasteiger partial charge in [-0.05, 0) is 67.7 Å². The molecule has 3 aromatic heterocycles. The number of nitrogens with zero attached hydrogens (tertiary/aromatic N) is 3. The molecule has 0 radical (unpaired) electrons. The molecule has 0 unspecified atom stereocenters. The number of rotatable bonds is 2. The van der Waals surface area contributed by atoms with Gasteiger partial charge >= 0.3 is 0 Å². The summed E-state index contributed by atoms with van der Waals surface area (Å²) in [7, 11) is 0. The summed E-state index contributed by atoms with van der Waals surface area (Å²) in [5.74, 6) is 1.72. The topological polar surface area (TPSA) is 67.6 Å². The lowest BCUT2D eigenvalue weighted by atomic mass is 9.96. The van der Waals surface area contributed by atoms with E-state index in [1.807, 2.05) is 27.0 Å². The molecule has 0 bridgehead atoms. The van der Waals surface area contributed by atoms with Gasteiger partial charge in [-0.1, -0.05) is 11.2 Å². The van der Waals surface area contributed by atoms with Gasteiger partial charge in [0, 0.05) is 22.7 Å². The first-order valence-electron chi connectivity index (χ1n) is 8.38. The van der Waals surface area contributed by atoms with Gasteiger partial charge in [-0.3, -0.25) is 0 Å². The van der Waals surface area contributed by atoms with Crippen molar-refractivity contribution < 1.29 is 4.52 Å². The molecule has 5 rings (SSSR count). The molecular weight excluding hydrogens is 344 g/mol. The van der Waals surface area contributed by atoms with E-state index in [9.17, 15) is 0 Å². The van der Waals surface area contributed by atoms with Crippen LogP contribution >= 0.6 is 11.5 Å². The molecule has 1 N–H and O–H groups in total. The molecule has 3 heterocycles. The van der Waals surface area contributed by atoms with Crippen molar-refractivity contribution in [3.63, 3.8) is 0 Å². The van der Waals surface area contributed by atoms with Crippen molar-refractivity contribution >= 4 is 32.7 Å². The molecule has 0 saturated heterocycles. The highest BCUT2D eigenvalue weighted by Crippen LogP contribution is 2.36. The highest BCUT2D eigenvalue weighted by molar-refractivity contribution is 7.13. The second-order valence-corrected chi connectivity index (χ2v) is 7.35. The average molecular weight is 360 g/mol. The molecule has 0 amide bonds. The SMILES string of the molecule is Cc1nc2c(-c3ccc4sncc4c3)cc(-c3c(C)noc3C)cc2[nH]1. The number of hydrogen-bond acceptors (Lipinski definition) is 5. The zero-order chi connectivity index (χ0) is 17.8. The Kier molecular flexibility index (Phi) is 3.24. The monoisotopic (exact) mass is 360 g/mol. The molecular formula is C20H16N4OS. The second-order valence-electron chi connectivity index (χ2n) is 6.52. The number of aromatic nitrogens is 4. The molecule has 0 spiro atoms. The molecule has 0 aliphatic rings.